The molecule has 0 bridgehead atoms. The standard InChI is InChI=1S/C15H15N2O/c1-10-6-4-5-7-12(10)13-8-9-14-15(17(13)3)16-11(2)18-14/h4-9H,1-3H3/q+1. The first-order valence-corrected chi connectivity index (χ1v) is 5.99. The van der Waals surface area contributed by atoms with Gasteiger partial charge in [0.2, 0.25) is 5.58 Å². The summed E-state index contributed by atoms with van der Waals surface area (Å²) in [6, 6.07) is 12.4. The van der Waals surface area contributed by atoms with Crippen LogP contribution < -0.4 is 4.57 Å². The molecule has 0 unspecified atom stereocenters. The lowest BCUT2D eigenvalue weighted by molar-refractivity contribution is -0.635. The third-order valence-electron chi connectivity index (χ3n) is 3.23. The Labute approximate surface area is 106 Å². The quantitative estimate of drug-likeness (QED) is 0.611. The highest BCUT2D eigenvalue weighted by Gasteiger charge is 2.18. The number of hydrogen-bond donors (Lipinski definition) is 0. The van der Waals surface area contributed by atoms with Gasteiger partial charge in [-0.1, -0.05) is 24.3 Å². The Kier molecular flexibility index (Phi) is 2.40. The Morgan fingerprint density at radius 3 is 2.61 bits per heavy atom. The molecule has 0 saturated carbocycles. The third kappa shape index (κ3) is 1.59. The van der Waals surface area contributed by atoms with Crippen molar-refractivity contribution in [3.8, 4) is 11.3 Å². The van der Waals surface area contributed by atoms with Crippen LogP contribution >= 0.6 is 0 Å². The van der Waals surface area contributed by atoms with Gasteiger partial charge in [-0.25, -0.2) is 4.57 Å². The van der Waals surface area contributed by atoms with Gasteiger partial charge in [0.1, 0.15) is 5.69 Å². The van der Waals surface area contributed by atoms with Crippen LogP contribution in [-0.2, 0) is 7.05 Å². The van der Waals surface area contributed by atoms with E-state index in [9.17, 15) is 0 Å². The topological polar surface area (TPSA) is 29.9 Å². The van der Waals surface area contributed by atoms with Crippen LogP contribution in [0, 0.1) is 13.8 Å². The number of nitrogens with zero attached hydrogens (tertiary/aromatic N) is 2. The van der Waals surface area contributed by atoms with Gasteiger partial charge in [0, 0.05) is 12.5 Å². The Balaban J connectivity index is 2.30. The summed E-state index contributed by atoms with van der Waals surface area (Å²) in [5.41, 5.74) is 5.34. The fraction of sp³-hybridized carbons (Fsp3) is 0.200. The lowest BCUT2D eigenvalue weighted by Gasteiger charge is -2.05. The van der Waals surface area contributed by atoms with E-state index in [1.165, 1.54) is 11.1 Å². The van der Waals surface area contributed by atoms with Gasteiger partial charge in [-0.15, -0.1) is 0 Å². The molecule has 0 aliphatic carbocycles. The summed E-state index contributed by atoms with van der Waals surface area (Å²) >= 11 is 0. The summed E-state index contributed by atoms with van der Waals surface area (Å²) in [5, 5.41) is 0. The van der Waals surface area contributed by atoms with Crippen molar-refractivity contribution in [2.75, 3.05) is 0 Å². The Hall–Kier alpha value is -2.16. The normalized spacial score (nSPS) is 11.1. The van der Waals surface area contributed by atoms with Crippen LogP contribution in [0.3, 0.4) is 0 Å². The van der Waals surface area contributed by atoms with Gasteiger partial charge in [0.25, 0.3) is 0 Å². The third-order valence-corrected chi connectivity index (χ3v) is 3.23. The largest absolute Gasteiger partial charge is 0.415 e. The monoisotopic (exact) mass is 239 g/mol. The summed E-state index contributed by atoms with van der Waals surface area (Å²) in [6.07, 6.45) is 0. The molecule has 0 aliphatic heterocycles. The maximum atomic E-state index is 5.54. The molecular weight excluding hydrogens is 224 g/mol. The van der Waals surface area contributed by atoms with Crippen molar-refractivity contribution in [3.63, 3.8) is 0 Å². The number of fused-ring (bicyclic) bond motifs is 1. The van der Waals surface area contributed by atoms with Crippen molar-refractivity contribution >= 4 is 11.2 Å². The molecule has 1 aromatic carbocycles. The van der Waals surface area contributed by atoms with Crippen molar-refractivity contribution in [2.45, 2.75) is 13.8 Å². The molecule has 3 heteroatoms. The Bertz CT molecular complexity index is 728. The Morgan fingerprint density at radius 1 is 1.06 bits per heavy atom. The van der Waals surface area contributed by atoms with Gasteiger partial charge in [-0.2, -0.15) is 0 Å². The molecule has 18 heavy (non-hydrogen) atoms. The molecule has 0 aliphatic rings. The zero-order chi connectivity index (χ0) is 12.7. The van der Waals surface area contributed by atoms with Crippen LogP contribution in [-0.4, -0.2) is 4.98 Å². The summed E-state index contributed by atoms with van der Waals surface area (Å²) in [7, 11) is 2.02. The highest BCUT2D eigenvalue weighted by molar-refractivity contribution is 5.69. The summed E-state index contributed by atoms with van der Waals surface area (Å²) < 4.78 is 7.62. The Morgan fingerprint density at radius 2 is 1.83 bits per heavy atom. The zero-order valence-electron chi connectivity index (χ0n) is 10.8. The first-order valence-electron chi connectivity index (χ1n) is 5.99. The average molecular weight is 239 g/mol. The lowest BCUT2D eigenvalue weighted by atomic mass is 10.1. The van der Waals surface area contributed by atoms with Crippen molar-refractivity contribution in [1.82, 2.24) is 4.98 Å². The van der Waals surface area contributed by atoms with Gasteiger partial charge in [-0.05, 0) is 29.6 Å². The zero-order valence-corrected chi connectivity index (χ0v) is 10.8. The van der Waals surface area contributed by atoms with Gasteiger partial charge >= 0.3 is 11.5 Å². The molecule has 2 aromatic heterocycles. The van der Waals surface area contributed by atoms with Crippen molar-refractivity contribution in [1.29, 1.82) is 0 Å². The minimum atomic E-state index is 0.697. The molecule has 0 fully saturated rings. The van der Waals surface area contributed by atoms with Crippen LogP contribution in [0.25, 0.3) is 22.5 Å². The molecule has 0 saturated heterocycles. The number of pyridine rings is 1. The van der Waals surface area contributed by atoms with Gasteiger partial charge in [0.05, 0.1) is 7.05 Å². The molecule has 3 rings (SSSR count). The van der Waals surface area contributed by atoms with Crippen LogP contribution in [0.15, 0.2) is 40.8 Å². The number of rotatable bonds is 1. The van der Waals surface area contributed by atoms with Crippen LogP contribution in [0.5, 0.6) is 0 Å². The molecule has 0 amide bonds. The maximum Gasteiger partial charge on any atom is 0.370 e. The second kappa shape index (κ2) is 3.95. The fourth-order valence-electron chi connectivity index (χ4n) is 2.29. The number of aromatic nitrogens is 2. The number of aryl methyl sites for hydroxylation is 3. The smallest absolute Gasteiger partial charge is 0.370 e. The minimum absolute atomic E-state index is 0.697. The van der Waals surface area contributed by atoms with Crippen molar-refractivity contribution in [2.24, 2.45) is 7.05 Å². The predicted octanol–water partition coefficient (Wildman–Crippen LogP) is 2.94. The molecule has 0 spiro atoms. The van der Waals surface area contributed by atoms with E-state index < -0.39 is 0 Å². The van der Waals surface area contributed by atoms with E-state index in [1.807, 2.05) is 20.0 Å². The molecule has 2 heterocycles. The van der Waals surface area contributed by atoms with Gasteiger partial charge in [0.15, 0.2) is 0 Å². The van der Waals surface area contributed by atoms with Crippen molar-refractivity contribution in [3.05, 3.63) is 47.9 Å². The first-order chi connectivity index (χ1) is 8.66. The van der Waals surface area contributed by atoms with Crippen LogP contribution in [0.1, 0.15) is 11.5 Å². The second-order valence-electron chi connectivity index (χ2n) is 4.51. The highest BCUT2D eigenvalue weighted by Crippen LogP contribution is 2.22. The number of benzene rings is 1. The van der Waals surface area contributed by atoms with E-state index in [2.05, 4.69) is 46.8 Å². The van der Waals surface area contributed by atoms with E-state index in [-0.39, 0.29) is 0 Å². The van der Waals surface area contributed by atoms with E-state index >= 15 is 0 Å². The number of hydrogen-bond acceptors (Lipinski definition) is 2. The van der Waals surface area contributed by atoms with E-state index in [0.29, 0.717) is 5.89 Å². The molecule has 90 valence electrons. The average Bonchev–Trinajstić information content (AvgIpc) is 2.73. The van der Waals surface area contributed by atoms with E-state index in [4.69, 9.17) is 4.42 Å². The molecule has 3 nitrogen and oxygen atoms in total. The molecule has 0 atom stereocenters. The second-order valence-corrected chi connectivity index (χ2v) is 4.51. The van der Waals surface area contributed by atoms with E-state index in [0.717, 1.165) is 16.9 Å². The van der Waals surface area contributed by atoms with Crippen LogP contribution in [0.4, 0.5) is 0 Å². The van der Waals surface area contributed by atoms with Crippen LogP contribution in [0.2, 0.25) is 0 Å². The first kappa shape index (κ1) is 11.0. The van der Waals surface area contributed by atoms with Gasteiger partial charge in [-0.3, -0.25) is 0 Å². The van der Waals surface area contributed by atoms with Crippen molar-refractivity contribution < 1.29 is 8.98 Å². The number of oxazole rings is 1. The molecular formula is C15H15N2O+. The molecule has 0 radical (unpaired) electrons. The SMILES string of the molecule is Cc1nc2c(ccc(-c3ccccc3C)[n+]2C)o1. The molecule has 3 aromatic rings. The summed E-state index contributed by atoms with van der Waals surface area (Å²) in [4.78, 5) is 4.42. The lowest BCUT2D eigenvalue weighted by Crippen LogP contribution is -2.32. The fourth-order valence-corrected chi connectivity index (χ4v) is 2.29. The minimum Gasteiger partial charge on any atom is -0.415 e. The maximum absolute atomic E-state index is 5.54. The van der Waals surface area contributed by atoms with E-state index in [1.54, 1.807) is 0 Å². The summed E-state index contributed by atoms with van der Waals surface area (Å²) in [6.45, 7) is 3.99. The van der Waals surface area contributed by atoms with Gasteiger partial charge < -0.3 is 4.42 Å². The predicted molar refractivity (Wildman–Crippen MR) is 70.1 cm³/mol. The molecule has 0 N–H and O–H groups in total. The summed E-state index contributed by atoms with van der Waals surface area (Å²) in [5.74, 6) is 0.697. The highest BCUT2D eigenvalue weighted by atomic mass is 16.3.